The van der Waals surface area contributed by atoms with Crippen LogP contribution in [0.3, 0.4) is 0 Å². The van der Waals surface area contributed by atoms with Crippen LogP contribution in [0.15, 0.2) is 42.5 Å². The van der Waals surface area contributed by atoms with Crippen LogP contribution in [0, 0.1) is 13.8 Å². The second-order valence-electron chi connectivity index (χ2n) is 4.88. The molecule has 5 heteroatoms. The van der Waals surface area contributed by atoms with Crippen molar-refractivity contribution in [2.45, 2.75) is 13.8 Å². The molecule has 0 aromatic heterocycles. The number of thiocarbonyl (C=S) groups is 1. The summed E-state index contributed by atoms with van der Waals surface area (Å²) in [6, 6.07) is 12.7. The normalized spacial score (nSPS) is 9.95. The number of rotatable bonds is 3. The Morgan fingerprint density at radius 1 is 1.09 bits per heavy atom. The fourth-order valence-electron chi connectivity index (χ4n) is 1.96. The van der Waals surface area contributed by atoms with E-state index in [1.165, 1.54) is 0 Å². The first kappa shape index (κ1) is 16.0. The Morgan fingerprint density at radius 3 is 2.41 bits per heavy atom. The predicted molar refractivity (Wildman–Crippen MR) is 92.6 cm³/mol. The average Bonchev–Trinajstić information content (AvgIpc) is 2.52. The van der Waals surface area contributed by atoms with Gasteiger partial charge in [0, 0.05) is 11.3 Å². The summed E-state index contributed by atoms with van der Waals surface area (Å²) in [5.41, 5.74) is 3.67. The van der Waals surface area contributed by atoms with Crippen molar-refractivity contribution in [3.63, 3.8) is 0 Å². The molecule has 0 aliphatic rings. The Morgan fingerprint density at radius 2 is 1.77 bits per heavy atom. The van der Waals surface area contributed by atoms with Crippen LogP contribution in [-0.4, -0.2) is 18.1 Å². The highest BCUT2D eigenvalue weighted by atomic mass is 32.1. The number of carbonyl (C=O) groups is 1. The van der Waals surface area contributed by atoms with E-state index in [1.54, 1.807) is 31.4 Å². The SMILES string of the molecule is COc1ccc(C(=O)NC(=S)Nc2cccc(C)c2C)cc1. The maximum atomic E-state index is 12.1. The Hall–Kier alpha value is -2.40. The van der Waals surface area contributed by atoms with Crippen molar-refractivity contribution in [1.82, 2.24) is 5.32 Å². The van der Waals surface area contributed by atoms with Crippen molar-refractivity contribution < 1.29 is 9.53 Å². The molecule has 2 rings (SSSR count). The van der Waals surface area contributed by atoms with Gasteiger partial charge < -0.3 is 10.1 Å². The number of nitrogens with one attached hydrogen (secondary N) is 2. The molecule has 2 aromatic carbocycles. The molecule has 0 aliphatic heterocycles. The molecular weight excluding hydrogens is 296 g/mol. The van der Waals surface area contributed by atoms with Crippen LogP contribution in [0.5, 0.6) is 5.75 Å². The molecule has 0 fully saturated rings. The predicted octanol–water partition coefficient (Wildman–Crippen LogP) is 3.44. The third-order valence-corrected chi connectivity index (χ3v) is 3.64. The first-order valence-electron chi connectivity index (χ1n) is 6.84. The molecule has 114 valence electrons. The van der Waals surface area contributed by atoms with Crippen LogP contribution in [-0.2, 0) is 0 Å². The number of benzene rings is 2. The van der Waals surface area contributed by atoms with Crippen LogP contribution in [0.25, 0.3) is 0 Å². The van der Waals surface area contributed by atoms with Gasteiger partial charge >= 0.3 is 0 Å². The molecule has 0 aliphatic carbocycles. The summed E-state index contributed by atoms with van der Waals surface area (Å²) in [7, 11) is 1.58. The summed E-state index contributed by atoms with van der Waals surface area (Å²) in [5, 5.41) is 5.99. The van der Waals surface area contributed by atoms with Gasteiger partial charge in [-0.15, -0.1) is 0 Å². The summed E-state index contributed by atoms with van der Waals surface area (Å²) in [5.74, 6) is 0.443. The highest BCUT2D eigenvalue weighted by molar-refractivity contribution is 7.80. The number of amides is 1. The van der Waals surface area contributed by atoms with Gasteiger partial charge in [0.05, 0.1) is 7.11 Å². The molecule has 0 saturated heterocycles. The summed E-state index contributed by atoms with van der Waals surface area (Å²) in [4.78, 5) is 12.1. The fourth-order valence-corrected chi connectivity index (χ4v) is 2.16. The molecule has 0 atom stereocenters. The van der Waals surface area contributed by atoms with Crippen LogP contribution in [0.1, 0.15) is 21.5 Å². The molecule has 1 amide bonds. The number of ether oxygens (including phenoxy) is 1. The summed E-state index contributed by atoms with van der Waals surface area (Å²) >= 11 is 5.20. The maximum Gasteiger partial charge on any atom is 0.257 e. The molecular formula is C17H18N2O2S. The van der Waals surface area contributed by atoms with E-state index in [1.807, 2.05) is 32.0 Å². The molecule has 0 unspecified atom stereocenters. The first-order chi connectivity index (χ1) is 10.5. The van der Waals surface area contributed by atoms with Crippen molar-refractivity contribution in [2.24, 2.45) is 0 Å². The largest absolute Gasteiger partial charge is 0.497 e. The third kappa shape index (κ3) is 3.83. The number of anilines is 1. The highest BCUT2D eigenvalue weighted by Crippen LogP contribution is 2.17. The Bertz CT molecular complexity index is 696. The Kier molecular flexibility index (Phi) is 5.12. The smallest absolute Gasteiger partial charge is 0.257 e. The lowest BCUT2D eigenvalue weighted by atomic mass is 10.1. The average molecular weight is 314 g/mol. The van der Waals surface area contributed by atoms with Gasteiger partial charge in [0.1, 0.15) is 5.75 Å². The minimum Gasteiger partial charge on any atom is -0.497 e. The molecule has 0 saturated carbocycles. The van der Waals surface area contributed by atoms with Gasteiger partial charge in [-0.25, -0.2) is 0 Å². The number of aryl methyl sites for hydroxylation is 1. The molecule has 2 aromatic rings. The molecule has 0 radical (unpaired) electrons. The third-order valence-electron chi connectivity index (χ3n) is 3.43. The molecule has 0 bridgehead atoms. The van der Waals surface area contributed by atoms with Gasteiger partial charge in [-0.2, -0.15) is 0 Å². The molecule has 2 N–H and O–H groups in total. The van der Waals surface area contributed by atoms with E-state index in [-0.39, 0.29) is 11.0 Å². The Balaban J connectivity index is 2.01. The fraction of sp³-hybridized carbons (Fsp3) is 0.176. The van der Waals surface area contributed by atoms with Crippen LogP contribution in [0.4, 0.5) is 5.69 Å². The summed E-state index contributed by atoms with van der Waals surface area (Å²) < 4.78 is 5.06. The zero-order chi connectivity index (χ0) is 16.1. The minimum atomic E-state index is -0.259. The van der Waals surface area contributed by atoms with E-state index < -0.39 is 0 Å². The Labute approximate surface area is 135 Å². The lowest BCUT2D eigenvalue weighted by molar-refractivity contribution is 0.0977. The van der Waals surface area contributed by atoms with Gasteiger partial charge in [0.15, 0.2) is 5.11 Å². The molecule has 0 spiro atoms. The summed E-state index contributed by atoms with van der Waals surface area (Å²) in [6.07, 6.45) is 0. The quantitative estimate of drug-likeness (QED) is 0.852. The zero-order valence-corrected chi connectivity index (χ0v) is 13.6. The lowest BCUT2D eigenvalue weighted by Gasteiger charge is -2.13. The van der Waals surface area contributed by atoms with Gasteiger partial charge in [0.2, 0.25) is 0 Å². The maximum absolute atomic E-state index is 12.1. The van der Waals surface area contributed by atoms with E-state index >= 15 is 0 Å². The molecule has 0 heterocycles. The highest BCUT2D eigenvalue weighted by Gasteiger charge is 2.09. The van der Waals surface area contributed by atoms with Crippen LogP contribution < -0.4 is 15.4 Å². The molecule has 22 heavy (non-hydrogen) atoms. The number of hydrogen-bond acceptors (Lipinski definition) is 3. The topological polar surface area (TPSA) is 50.4 Å². The van der Waals surface area contributed by atoms with E-state index in [9.17, 15) is 4.79 Å². The van der Waals surface area contributed by atoms with Crippen molar-refractivity contribution in [3.8, 4) is 5.75 Å². The van der Waals surface area contributed by atoms with Gasteiger partial charge in [-0.05, 0) is 67.5 Å². The van der Waals surface area contributed by atoms with Gasteiger partial charge in [0.25, 0.3) is 5.91 Å². The zero-order valence-electron chi connectivity index (χ0n) is 12.8. The number of hydrogen-bond donors (Lipinski definition) is 2. The van der Waals surface area contributed by atoms with E-state index in [0.29, 0.717) is 11.3 Å². The number of methoxy groups -OCH3 is 1. The lowest BCUT2D eigenvalue weighted by Crippen LogP contribution is -2.34. The van der Waals surface area contributed by atoms with Crippen molar-refractivity contribution >= 4 is 28.9 Å². The second kappa shape index (κ2) is 7.04. The standard InChI is InChI=1S/C17H18N2O2S/c1-11-5-4-6-15(12(11)2)18-17(22)19-16(20)13-7-9-14(21-3)10-8-13/h4-10H,1-3H3,(H2,18,19,20,22). The van der Waals surface area contributed by atoms with E-state index in [0.717, 1.165) is 16.8 Å². The van der Waals surface area contributed by atoms with Crippen molar-refractivity contribution in [2.75, 3.05) is 12.4 Å². The number of carbonyl (C=O) groups excluding carboxylic acids is 1. The van der Waals surface area contributed by atoms with Crippen molar-refractivity contribution in [1.29, 1.82) is 0 Å². The van der Waals surface area contributed by atoms with E-state index in [4.69, 9.17) is 17.0 Å². The second-order valence-corrected chi connectivity index (χ2v) is 5.29. The monoisotopic (exact) mass is 314 g/mol. The van der Waals surface area contributed by atoms with E-state index in [2.05, 4.69) is 10.6 Å². The van der Waals surface area contributed by atoms with Crippen LogP contribution in [0.2, 0.25) is 0 Å². The van der Waals surface area contributed by atoms with Crippen LogP contribution >= 0.6 is 12.2 Å². The first-order valence-corrected chi connectivity index (χ1v) is 7.24. The molecule has 4 nitrogen and oxygen atoms in total. The van der Waals surface area contributed by atoms with Gasteiger partial charge in [-0.1, -0.05) is 12.1 Å². The van der Waals surface area contributed by atoms with Crippen molar-refractivity contribution in [3.05, 3.63) is 59.2 Å². The minimum absolute atomic E-state index is 0.259. The van der Waals surface area contributed by atoms with Gasteiger partial charge in [-0.3, -0.25) is 10.1 Å². The summed E-state index contributed by atoms with van der Waals surface area (Å²) in [6.45, 7) is 4.03.